The van der Waals surface area contributed by atoms with E-state index < -0.39 is 0 Å². The van der Waals surface area contributed by atoms with Crippen LogP contribution in [0.25, 0.3) is 10.2 Å². The summed E-state index contributed by atoms with van der Waals surface area (Å²) in [5, 5.41) is 0.552. The molecule has 0 saturated carbocycles. The van der Waals surface area contributed by atoms with Crippen LogP contribution in [0.5, 0.6) is 0 Å². The van der Waals surface area contributed by atoms with Gasteiger partial charge in [0.25, 0.3) is 0 Å². The molecule has 2 aromatic rings. The van der Waals surface area contributed by atoms with E-state index in [4.69, 9.17) is 0 Å². The van der Waals surface area contributed by atoms with Crippen LogP contribution in [0.15, 0.2) is 18.2 Å². The lowest BCUT2D eigenvalue weighted by Gasteiger charge is -2.18. The number of carbonyl (C=O) groups is 1. The Bertz CT molecular complexity index is 508. The fourth-order valence-corrected chi connectivity index (χ4v) is 2.28. The summed E-state index contributed by atoms with van der Waals surface area (Å²) in [6, 6.07) is 6.19. The van der Waals surface area contributed by atoms with Crippen molar-refractivity contribution >= 4 is 27.8 Å². The van der Waals surface area contributed by atoms with Crippen molar-refractivity contribution in [2.75, 3.05) is 0 Å². The normalized spacial score (nSPS) is 11.9. The van der Waals surface area contributed by atoms with Gasteiger partial charge in [0.05, 0.1) is 10.2 Å². The van der Waals surface area contributed by atoms with Crippen molar-refractivity contribution in [3.05, 3.63) is 28.8 Å². The van der Waals surface area contributed by atoms with E-state index in [0.717, 1.165) is 16.5 Å². The van der Waals surface area contributed by atoms with Gasteiger partial charge in [-0.1, -0.05) is 26.8 Å². The van der Waals surface area contributed by atoms with Gasteiger partial charge < -0.3 is 0 Å². The van der Waals surface area contributed by atoms with Gasteiger partial charge in [0, 0.05) is 0 Å². The fourth-order valence-electron chi connectivity index (χ4n) is 1.46. The van der Waals surface area contributed by atoms with Gasteiger partial charge >= 0.3 is 0 Å². The number of carbonyl (C=O) groups excluding carboxylic acids is 1. The summed E-state index contributed by atoms with van der Waals surface area (Å²) in [6.07, 6.45) is 0.807. The van der Waals surface area contributed by atoms with E-state index in [0.29, 0.717) is 5.01 Å². The van der Waals surface area contributed by atoms with Crippen molar-refractivity contribution < 1.29 is 4.79 Å². The van der Waals surface area contributed by atoms with E-state index in [2.05, 4.69) is 37.9 Å². The van der Waals surface area contributed by atoms with Crippen LogP contribution in [0.2, 0.25) is 0 Å². The summed E-state index contributed by atoms with van der Waals surface area (Å²) in [7, 11) is 0. The maximum Gasteiger partial charge on any atom is 0.178 e. The first-order chi connectivity index (χ1) is 7.00. The number of nitrogens with zero attached hydrogens (tertiary/aromatic N) is 1. The Morgan fingerprint density at radius 3 is 2.67 bits per heavy atom. The highest BCUT2D eigenvalue weighted by atomic mass is 32.1. The first kappa shape index (κ1) is 10.3. The summed E-state index contributed by atoms with van der Waals surface area (Å²) in [4.78, 5) is 14.8. The van der Waals surface area contributed by atoms with Gasteiger partial charge in [-0.25, -0.2) is 4.98 Å². The van der Waals surface area contributed by atoms with Crippen molar-refractivity contribution in [1.82, 2.24) is 4.98 Å². The third kappa shape index (κ3) is 1.92. The number of aromatic nitrogens is 1. The van der Waals surface area contributed by atoms with Crippen LogP contribution >= 0.6 is 11.3 Å². The zero-order chi connectivity index (χ0) is 11.1. The van der Waals surface area contributed by atoms with Gasteiger partial charge in [0.1, 0.15) is 0 Å². The maximum atomic E-state index is 10.6. The number of fused-ring (bicyclic) bond motifs is 1. The SMILES string of the molecule is CC(C)(C)c1ccc2nc(C=O)sc2c1. The molecule has 0 spiro atoms. The van der Waals surface area contributed by atoms with E-state index in [-0.39, 0.29) is 5.41 Å². The molecule has 0 atom stereocenters. The summed E-state index contributed by atoms with van der Waals surface area (Å²) in [5.74, 6) is 0. The Morgan fingerprint density at radius 1 is 1.33 bits per heavy atom. The van der Waals surface area contributed by atoms with Crippen molar-refractivity contribution in [2.45, 2.75) is 26.2 Å². The lowest BCUT2D eigenvalue weighted by Crippen LogP contribution is -2.10. The van der Waals surface area contributed by atoms with Gasteiger partial charge in [-0.05, 0) is 23.1 Å². The first-order valence-corrected chi connectivity index (χ1v) is 5.68. The molecule has 1 aromatic carbocycles. The number of thiazole rings is 1. The Labute approximate surface area is 93.0 Å². The van der Waals surface area contributed by atoms with Crippen LogP contribution < -0.4 is 0 Å². The van der Waals surface area contributed by atoms with Crippen LogP contribution in [-0.2, 0) is 5.41 Å². The molecule has 0 bridgehead atoms. The molecular formula is C12H13NOS. The predicted octanol–water partition coefficient (Wildman–Crippen LogP) is 3.41. The minimum atomic E-state index is 0.138. The number of rotatable bonds is 1. The summed E-state index contributed by atoms with van der Waals surface area (Å²) in [5.41, 5.74) is 2.32. The van der Waals surface area contributed by atoms with E-state index in [1.54, 1.807) is 0 Å². The highest BCUT2D eigenvalue weighted by molar-refractivity contribution is 7.20. The molecule has 0 fully saturated rings. The van der Waals surface area contributed by atoms with Crippen LogP contribution in [0.3, 0.4) is 0 Å². The zero-order valence-electron chi connectivity index (χ0n) is 9.07. The Morgan fingerprint density at radius 2 is 2.07 bits per heavy atom. The van der Waals surface area contributed by atoms with Crippen LogP contribution in [0.1, 0.15) is 36.1 Å². The Balaban J connectivity index is 2.60. The summed E-state index contributed by atoms with van der Waals surface area (Å²) in [6.45, 7) is 6.53. The molecule has 0 saturated heterocycles. The molecular weight excluding hydrogens is 206 g/mol. The van der Waals surface area contributed by atoms with Crippen LogP contribution in [0.4, 0.5) is 0 Å². The number of aldehydes is 1. The van der Waals surface area contributed by atoms with E-state index in [1.165, 1.54) is 16.9 Å². The third-order valence-corrected chi connectivity index (χ3v) is 3.32. The second kappa shape index (κ2) is 3.42. The van der Waals surface area contributed by atoms with Gasteiger partial charge in [-0.15, -0.1) is 11.3 Å². The molecule has 0 unspecified atom stereocenters. The molecule has 0 amide bonds. The summed E-state index contributed by atoms with van der Waals surface area (Å²) < 4.78 is 1.09. The molecule has 3 heteroatoms. The second-order valence-electron chi connectivity index (χ2n) is 4.60. The van der Waals surface area contributed by atoms with Gasteiger partial charge in [0.2, 0.25) is 0 Å². The summed E-state index contributed by atoms with van der Waals surface area (Å²) >= 11 is 1.45. The molecule has 0 radical (unpaired) electrons. The smallest absolute Gasteiger partial charge is 0.178 e. The largest absolute Gasteiger partial charge is 0.295 e. The average Bonchev–Trinajstić information content (AvgIpc) is 2.57. The molecule has 2 nitrogen and oxygen atoms in total. The van der Waals surface area contributed by atoms with E-state index in [9.17, 15) is 4.79 Å². The van der Waals surface area contributed by atoms with Crippen LogP contribution in [0, 0.1) is 0 Å². The van der Waals surface area contributed by atoms with Crippen molar-refractivity contribution in [2.24, 2.45) is 0 Å². The molecule has 0 aliphatic rings. The van der Waals surface area contributed by atoms with Crippen LogP contribution in [-0.4, -0.2) is 11.3 Å². The Hall–Kier alpha value is -1.22. The van der Waals surface area contributed by atoms with E-state index in [1.807, 2.05) is 6.07 Å². The van der Waals surface area contributed by atoms with Crippen molar-refractivity contribution in [3.8, 4) is 0 Å². The quantitative estimate of drug-likeness (QED) is 0.688. The van der Waals surface area contributed by atoms with Crippen molar-refractivity contribution in [1.29, 1.82) is 0 Å². The molecule has 0 aliphatic carbocycles. The molecule has 78 valence electrons. The number of benzene rings is 1. The standard InChI is InChI=1S/C12H13NOS/c1-12(2,3)8-4-5-9-10(6-8)15-11(7-14)13-9/h4-7H,1-3H3. The Kier molecular flexibility index (Phi) is 2.35. The van der Waals surface area contributed by atoms with Crippen molar-refractivity contribution in [3.63, 3.8) is 0 Å². The number of hydrogen-bond acceptors (Lipinski definition) is 3. The average molecular weight is 219 g/mol. The third-order valence-electron chi connectivity index (χ3n) is 2.37. The molecule has 2 rings (SSSR count). The lowest BCUT2D eigenvalue weighted by molar-refractivity contribution is 0.112. The molecule has 1 heterocycles. The highest BCUT2D eigenvalue weighted by Crippen LogP contribution is 2.28. The molecule has 1 aromatic heterocycles. The minimum Gasteiger partial charge on any atom is -0.295 e. The molecule has 0 aliphatic heterocycles. The second-order valence-corrected chi connectivity index (χ2v) is 5.66. The fraction of sp³-hybridized carbons (Fsp3) is 0.333. The highest BCUT2D eigenvalue weighted by Gasteiger charge is 2.14. The topological polar surface area (TPSA) is 30.0 Å². The van der Waals surface area contributed by atoms with E-state index >= 15 is 0 Å². The van der Waals surface area contributed by atoms with Gasteiger partial charge in [-0.3, -0.25) is 4.79 Å². The lowest BCUT2D eigenvalue weighted by atomic mass is 9.87. The van der Waals surface area contributed by atoms with Gasteiger partial charge in [-0.2, -0.15) is 0 Å². The van der Waals surface area contributed by atoms with Gasteiger partial charge in [0.15, 0.2) is 11.3 Å². The monoisotopic (exact) mass is 219 g/mol. The number of hydrogen-bond donors (Lipinski definition) is 0. The predicted molar refractivity (Wildman–Crippen MR) is 63.7 cm³/mol. The zero-order valence-corrected chi connectivity index (χ0v) is 9.89. The minimum absolute atomic E-state index is 0.138. The maximum absolute atomic E-state index is 10.6. The molecule has 0 N–H and O–H groups in total. The first-order valence-electron chi connectivity index (χ1n) is 4.87. The molecule has 15 heavy (non-hydrogen) atoms.